The number of ether oxygens (including phenoxy) is 3. The summed E-state index contributed by atoms with van der Waals surface area (Å²) >= 11 is 0. The molecule has 0 heterocycles. The van der Waals surface area contributed by atoms with Gasteiger partial charge < -0.3 is 14.2 Å². The molecule has 5 nitrogen and oxygen atoms in total. The Bertz CT molecular complexity index is 943. The van der Waals surface area contributed by atoms with E-state index in [1.165, 1.54) is 6.92 Å². The predicted molar refractivity (Wildman–Crippen MR) is 119 cm³/mol. The molecule has 3 aliphatic carbocycles. The van der Waals surface area contributed by atoms with Gasteiger partial charge in [0, 0.05) is 24.0 Å². The third-order valence-corrected chi connectivity index (χ3v) is 8.17. The zero-order valence-electron chi connectivity index (χ0n) is 20.0. The van der Waals surface area contributed by atoms with Crippen LogP contribution in [0.1, 0.15) is 82.8 Å². The largest absolute Gasteiger partial charge is 0.493 e. The van der Waals surface area contributed by atoms with Crippen LogP contribution in [0.2, 0.25) is 0 Å². The molecule has 2 saturated carbocycles. The van der Waals surface area contributed by atoms with Crippen LogP contribution in [0.15, 0.2) is 12.1 Å². The molecule has 34 heavy (non-hydrogen) atoms. The van der Waals surface area contributed by atoms with E-state index in [9.17, 15) is 22.8 Å². The Labute approximate surface area is 198 Å². The monoisotopic (exact) mass is 482 g/mol. The fraction of sp³-hybridized carbons (Fsp3) is 0.692. The van der Waals surface area contributed by atoms with Gasteiger partial charge in [0.2, 0.25) is 0 Å². The van der Waals surface area contributed by atoms with Crippen LogP contribution in [-0.2, 0) is 20.7 Å². The van der Waals surface area contributed by atoms with Gasteiger partial charge in [-0.3, -0.25) is 4.79 Å². The highest BCUT2D eigenvalue weighted by Crippen LogP contribution is 2.62. The van der Waals surface area contributed by atoms with E-state index in [0.717, 1.165) is 49.7 Å². The van der Waals surface area contributed by atoms with Gasteiger partial charge in [-0.2, -0.15) is 13.2 Å². The summed E-state index contributed by atoms with van der Waals surface area (Å²) in [6.07, 6.45) is 0.504. The van der Waals surface area contributed by atoms with Gasteiger partial charge in [0.15, 0.2) is 0 Å². The lowest BCUT2D eigenvalue weighted by Gasteiger charge is -2.50. The summed E-state index contributed by atoms with van der Waals surface area (Å²) in [6.45, 7) is 6.04. The van der Waals surface area contributed by atoms with E-state index in [1.807, 2.05) is 13.0 Å². The normalized spacial score (nSPS) is 30.1. The molecule has 0 saturated heterocycles. The van der Waals surface area contributed by atoms with Crippen molar-refractivity contribution in [2.75, 3.05) is 6.61 Å². The number of esters is 2. The fourth-order valence-electron chi connectivity index (χ4n) is 6.65. The van der Waals surface area contributed by atoms with Gasteiger partial charge in [-0.1, -0.05) is 20.3 Å². The molecule has 188 valence electrons. The van der Waals surface area contributed by atoms with Crippen molar-refractivity contribution in [3.8, 4) is 11.5 Å². The maximum atomic E-state index is 12.8. The number of carbonyl (C=O) groups is 2. The Morgan fingerprint density at radius 3 is 2.59 bits per heavy atom. The number of carbonyl (C=O) groups excluding carboxylic acids is 2. The molecule has 5 atom stereocenters. The molecule has 0 unspecified atom stereocenters. The van der Waals surface area contributed by atoms with Gasteiger partial charge in [0.05, 0.1) is 6.61 Å². The van der Waals surface area contributed by atoms with Crippen molar-refractivity contribution >= 4 is 11.9 Å². The minimum absolute atomic E-state index is 0.149. The molecule has 0 aromatic heterocycles. The molecule has 3 aliphatic rings. The van der Waals surface area contributed by atoms with E-state index in [-0.39, 0.29) is 17.8 Å². The number of halogens is 3. The predicted octanol–water partition coefficient (Wildman–Crippen LogP) is 6.12. The first-order valence-corrected chi connectivity index (χ1v) is 12.3. The summed E-state index contributed by atoms with van der Waals surface area (Å²) in [5.74, 6) is -0.717. The lowest BCUT2D eigenvalue weighted by molar-refractivity contribution is -0.211. The van der Waals surface area contributed by atoms with Gasteiger partial charge in [0.25, 0.3) is 0 Å². The molecule has 0 bridgehead atoms. The quantitative estimate of drug-likeness (QED) is 0.278. The molecule has 0 aliphatic heterocycles. The number of alkyl halides is 3. The molecule has 0 spiro atoms. The second kappa shape index (κ2) is 9.42. The lowest BCUT2D eigenvalue weighted by atomic mass is 9.55. The smallest absolute Gasteiger partial charge is 0.490 e. The highest BCUT2D eigenvalue weighted by atomic mass is 19.4. The van der Waals surface area contributed by atoms with Crippen LogP contribution in [0, 0.1) is 17.3 Å². The Hall–Kier alpha value is -2.25. The molecular weight excluding hydrogens is 449 g/mol. The molecule has 2 fully saturated rings. The van der Waals surface area contributed by atoms with Gasteiger partial charge in [0.1, 0.15) is 17.6 Å². The van der Waals surface area contributed by atoms with Crippen molar-refractivity contribution in [1.82, 2.24) is 0 Å². The Morgan fingerprint density at radius 1 is 1.15 bits per heavy atom. The number of hydrogen-bond acceptors (Lipinski definition) is 5. The highest BCUT2D eigenvalue weighted by molar-refractivity contribution is 5.76. The first-order chi connectivity index (χ1) is 16.0. The topological polar surface area (TPSA) is 61.8 Å². The van der Waals surface area contributed by atoms with Crippen molar-refractivity contribution in [1.29, 1.82) is 0 Å². The fourth-order valence-corrected chi connectivity index (χ4v) is 6.65. The molecule has 1 aromatic carbocycles. The third-order valence-electron chi connectivity index (χ3n) is 8.17. The average molecular weight is 483 g/mol. The molecule has 0 amide bonds. The molecule has 1 aromatic rings. The van der Waals surface area contributed by atoms with Crippen LogP contribution < -0.4 is 9.47 Å². The van der Waals surface area contributed by atoms with E-state index >= 15 is 0 Å². The molecule has 8 heteroatoms. The first-order valence-electron chi connectivity index (χ1n) is 12.3. The van der Waals surface area contributed by atoms with Crippen LogP contribution in [0.4, 0.5) is 13.2 Å². The maximum absolute atomic E-state index is 12.8. The van der Waals surface area contributed by atoms with Crippen LogP contribution in [0.3, 0.4) is 0 Å². The number of benzene rings is 1. The minimum atomic E-state index is -4.98. The molecular formula is C26H33F3O5. The van der Waals surface area contributed by atoms with Crippen molar-refractivity contribution < 1.29 is 37.0 Å². The average Bonchev–Trinajstić information content (AvgIpc) is 3.08. The summed E-state index contributed by atoms with van der Waals surface area (Å²) in [6, 6.07) is 3.85. The first kappa shape index (κ1) is 24.9. The van der Waals surface area contributed by atoms with Gasteiger partial charge >= 0.3 is 18.1 Å². The van der Waals surface area contributed by atoms with Crippen LogP contribution >= 0.6 is 0 Å². The summed E-state index contributed by atoms with van der Waals surface area (Å²) in [5.41, 5.74) is 1.67. The van der Waals surface area contributed by atoms with E-state index in [4.69, 9.17) is 14.2 Å². The second-order valence-electron chi connectivity index (χ2n) is 10.2. The van der Waals surface area contributed by atoms with Gasteiger partial charge in [-0.25, -0.2) is 4.79 Å². The Morgan fingerprint density at radius 2 is 1.91 bits per heavy atom. The second-order valence-corrected chi connectivity index (χ2v) is 10.2. The van der Waals surface area contributed by atoms with Crippen molar-refractivity contribution in [2.24, 2.45) is 17.3 Å². The number of fused-ring (bicyclic) bond motifs is 5. The SMILES string of the molecule is CCCCOc1cc2c(c(OC(C)=O)c1)[C@H]1CC[C@]3(C)[C@@H](OC(=O)C(F)(F)F)CC[C@H]3[C@@H]1CC2. The van der Waals surface area contributed by atoms with E-state index in [1.54, 1.807) is 6.07 Å². The number of unbranched alkanes of at least 4 members (excludes halogenated alkanes) is 1. The number of rotatable bonds is 6. The van der Waals surface area contributed by atoms with Crippen molar-refractivity contribution in [2.45, 2.75) is 90.3 Å². The van der Waals surface area contributed by atoms with Gasteiger partial charge in [-0.15, -0.1) is 0 Å². The highest BCUT2D eigenvalue weighted by Gasteiger charge is 2.58. The summed E-state index contributed by atoms with van der Waals surface area (Å²) in [5, 5.41) is 0. The molecule has 4 rings (SSSR count). The Kier molecular flexibility index (Phi) is 6.89. The van der Waals surface area contributed by atoms with Crippen LogP contribution in [0.25, 0.3) is 0 Å². The van der Waals surface area contributed by atoms with E-state index < -0.39 is 29.6 Å². The maximum Gasteiger partial charge on any atom is 0.490 e. The summed E-state index contributed by atoms with van der Waals surface area (Å²) in [7, 11) is 0. The van der Waals surface area contributed by atoms with Crippen LogP contribution in [-0.4, -0.2) is 30.8 Å². The van der Waals surface area contributed by atoms with E-state index in [2.05, 4.69) is 6.92 Å². The van der Waals surface area contributed by atoms with Crippen molar-refractivity contribution in [3.63, 3.8) is 0 Å². The van der Waals surface area contributed by atoms with E-state index in [0.29, 0.717) is 30.9 Å². The van der Waals surface area contributed by atoms with Crippen LogP contribution in [0.5, 0.6) is 11.5 Å². The summed E-state index contributed by atoms with van der Waals surface area (Å²) < 4.78 is 55.0. The number of hydrogen-bond donors (Lipinski definition) is 0. The molecule has 0 radical (unpaired) electrons. The minimum Gasteiger partial charge on any atom is -0.493 e. The molecule has 0 N–H and O–H groups in total. The number of aryl methyl sites for hydroxylation is 1. The third kappa shape index (κ3) is 4.65. The Balaban J connectivity index is 1.60. The lowest BCUT2D eigenvalue weighted by Crippen LogP contribution is -2.46. The standard InChI is InChI=1S/C26H33F3O5/c1-4-5-12-32-17-13-16-6-7-18-19(23(16)21(14-17)33-15(2)30)10-11-25(3)20(18)8-9-22(25)34-24(31)26(27,28)29/h13-14,18-20,22H,4-12H2,1-3H3/t18-,19+,20+,22+,25+/m1/s1. The van der Waals surface area contributed by atoms with Crippen molar-refractivity contribution in [3.05, 3.63) is 23.3 Å². The zero-order valence-corrected chi connectivity index (χ0v) is 20.0. The van der Waals surface area contributed by atoms with Gasteiger partial charge in [-0.05, 0) is 74.3 Å². The summed E-state index contributed by atoms with van der Waals surface area (Å²) in [4.78, 5) is 23.4. The zero-order chi connectivity index (χ0) is 24.7.